The summed E-state index contributed by atoms with van der Waals surface area (Å²) in [7, 11) is -3.46. The van der Waals surface area contributed by atoms with Crippen LogP contribution in [0.3, 0.4) is 0 Å². The highest BCUT2D eigenvalue weighted by Gasteiger charge is 2.28. The van der Waals surface area contributed by atoms with Crippen molar-refractivity contribution >= 4 is 26.0 Å². The molecular weight excluding hydrogens is 426 g/mol. The molecule has 2 N–H and O–H groups in total. The SMILES string of the molecule is CC(C[C@H]1Cc2ccc(-c3c(Br)nc4n3CCCCC4)cc2C1)S(N)(=O)=O. The van der Waals surface area contributed by atoms with Crippen molar-refractivity contribution in [3.8, 4) is 11.3 Å². The van der Waals surface area contributed by atoms with Crippen LogP contribution in [0.5, 0.6) is 0 Å². The number of aryl methyl sites for hydroxylation is 1. The zero-order valence-corrected chi connectivity index (χ0v) is 18.0. The number of sulfonamides is 1. The maximum atomic E-state index is 11.6. The Labute approximate surface area is 169 Å². The molecular formula is C20H26BrN3O2S. The number of benzene rings is 1. The van der Waals surface area contributed by atoms with Gasteiger partial charge >= 0.3 is 0 Å². The van der Waals surface area contributed by atoms with Crippen molar-refractivity contribution in [1.29, 1.82) is 0 Å². The first-order valence-electron chi connectivity index (χ1n) is 9.71. The van der Waals surface area contributed by atoms with Crippen LogP contribution in [0.25, 0.3) is 11.3 Å². The number of aromatic nitrogens is 2. The normalized spacial score (nSPS) is 20.8. The summed E-state index contributed by atoms with van der Waals surface area (Å²) in [6.07, 6.45) is 7.17. The molecule has 0 radical (unpaired) electrons. The minimum Gasteiger partial charge on any atom is -0.327 e. The lowest BCUT2D eigenvalue weighted by molar-refractivity contribution is 0.493. The second kappa shape index (κ2) is 7.33. The summed E-state index contributed by atoms with van der Waals surface area (Å²) in [5.74, 6) is 1.52. The minimum atomic E-state index is -3.46. The molecule has 2 atom stereocenters. The highest BCUT2D eigenvalue weighted by molar-refractivity contribution is 9.10. The van der Waals surface area contributed by atoms with Gasteiger partial charge in [-0.05, 0) is 78.1 Å². The number of primary sulfonamides is 1. The molecule has 1 aliphatic carbocycles. The number of imidazole rings is 1. The summed E-state index contributed by atoms with van der Waals surface area (Å²) in [6.45, 7) is 2.73. The lowest BCUT2D eigenvalue weighted by Crippen LogP contribution is -2.28. The molecule has 146 valence electrons. The molecule has 0 bridgehead atoms. The standard InChI is InChI=1S/C20H26BrN3O2S/c1-13(27(22,25)26)9-14-10-15-6-7-16(12-17(15)11-14)19-20(21)23-18-5-3-2-4-8-24(18)19/h6-7,12-14H,2-5,8-11H2,1H3,(H2,22,25,26)/t13?,14-/m0/s1. The molecule has 0 amide bonds. The lowest BCUT2D eigenvalue weighted by Gasteiger charge is -2.14. The Morgan fingerprint density at radius 2 is 2.04 bits per heavy atom. The van der Waals surface area contributed by atoms with E-state index < -0.39 is 15.3 Å². The average Bonchev–Trinajstić information content (AvgIpc) is 3.04. The fourth-order valence-corrected chi connectivity index (χ4v) is 5.72. The zero-order chi connectivity index (χ0) is 19.2. The number of fused-ring (bicyclic) bond motifs is 2. The molecule has 0 spiro atoms. The third kappa shape index (κ3) is 3.87. The summed E-state index contributed by atoms with van der Waals surface area (Å²) in [5, 5.41) is 4.81. The van der Waals surface area contributed by atoms with Crippen LogP contribution in [-0.2, 0) is 35.8 Å². The van der Waals surface area contributed by atoms with E-state index in [0.29, 0.717) is 12.3 Å². The van der Waals surface area contributed by atoms with Gasteiger partial charge in [0.15, 0.2) is 0 Å². The Balaban J connectivity index is 1.60. The van der Waals surface area contributed by atoms with E-state index in [4.69, 9.17) is 10.1 Å². The molecule has 0 saturated heterocycles. The van der Waals surface area contributed by atoms with Gasteiger partial charge in [-0.15, -0.1) is 0 Å². The van der Waals surface area contributed by atoms with Crippen LogP contribution in [0.4, 0.5) is 0 Å². The topological polar surface area (TPSA) is 78.0 Å². The van der Waals surface area contributed by atoms with Crippen LogP contribution < -0.4 is 5.14 Å². The number of nitrogens with two attached hydrogens (primary N) is 1. The number of hydrogen-bond acceptors (Lipinski definition) is 3. The minimum absolute atomic E-state index is 0.342. The largest absolute Gasteiger partial charge is 0.327 e. The first-order valence-corrected chi connectivity index (χ1v) is 12.1. The Hall–Kier alpha value is -1.18. The molecule has 5 nitrogen and oxygen atoms in total. The number of halogens is 1. The third-order valence-electron chi connectivity index (χ3n) is 6.01. The third-order valence-corrected chi connectivity index (χ3v) is 7.88. The highest BCUT2D eigenvalue weighted by atomic mass is 79.9. The van der Waals surface area contributed by atoms with Crippen molar-refractivity contribution in [2.45, 2.75) is 63.7 Å². The highest BCUT2D eigenvalue weighted by Crippen LogP contribution is 2.37. The molecule has 2 heterocycles. The van der Waals surface area contributed by atoms with Crippen molar-refractivity contribution < 1.29 is 8.42 Å². The molecule has 0 saturated carbocycles. The van der Waals surface area contributed by atoms with E-state index in [1.807, 2.05) is 0 Å². The van der Waals surface area contributed by atoms with Gasteiger partial charge < -0.3 is 4.57 Å². The van der Waals surface area contributed by atoms with Crippen molar-refractivity contribution in [2.24, 2.45) is 11.1 Å². The van der Waals surface area contributed by atoms with Crippen molar-refractivity contribution in [1.82, 2.24) is 9.55 Å². The number of hydrogen-bond donors (Lipinski definition) is 1. The fourth-order valence-electron chi connectivity index (χ4n) is 4.53. The van der Waals surface area contributed by atoms with Crippen molar-refractivity contribution in [3.05, 3.63) is 39.8 Å². The molecule has 7 heteroatoms. The van der Waals surface area contributed by atoms with Crippen LogP contribution in [0.15, 0.2) is 22.8 Å². The Bertz CT molecular complexity index is 968. The quantitative estimate of drug-likeness (QED) is 0.766. The lowest BCUT2D eigenvalue weighted by atomic mass is 10.0. The summed E-state index contributed by atoms with van der Waals surface area (Å²) >= 11 is 3.67. The van der Waals surface area contributed by atoms with Gasteiger partial charge in [-0.25, -0.2) is 18.5 Å². The smallest absolute Gasteiger partial charge is 0.211 e. The maximum Gasteiger partial charge on any atom is 0.211 e. The first-order chi connectivity index (χ1) is 12.8. The van der Waals surface area contributed by atoms with Gasteiger partial charge in [0.1, 0.15) is 10.4 Å². The van der Waals surface area contributed by atoms with Crippen LogP contribution in [0.1, 0.15) is 49.6 Å². The second-order valence-electron chi connectivity index (χ2n) is 8.02. The maximum absolute atomic E-state index is 11.6. The summed E-state index contributed by atoms with van der Waals surface area (Å²) < 4.78 is 26.4. The number of nitrogens with zero attached hydrogens (tertiary/aromatic N) is 2. The summed E-state index contributed by atoms with van der Waals surface area (Å²) in [6, 6.07) is 6.66. The molecule has 4 rings (SSSR count). The predicted molar refractivity (Wildman–Crippen MR) is 111 cm³/mol. The molecule has 1 aromatic heterocycles. The van der Waals surface area contributed by atoms with Gasteiger partial charge in [0.05, 0.1) is 10.9 Å². The van der Waals surface area contributed by atoms with E-state index in [0.717, 1.165) is 30.4 Å². The average molecular weight is 452 g/mol. The Morgan fingerprint density at radius 3 is 2.81 bits per heavy atom. The van der Waals surface area contributed by atoms with Gasteiger partial charge in [-0.2, -0.15) is 0 Å². The van der Waals surface area contributed by atoms with E-state index in [1.165, 1.54) is 47.5 Å². The van der Waals surface area contributed by atoms with E-state index in [-0.39, 0.29) is 0 Å². The molecule has 27 heavy (non-hydrogen) atoms. The van der Waals surface area contributed by atoms with Gasteiger partial charge in [0, 0.05) is 18.5 Å². The van der Waals surface area contributed by atoms with Crippen molar-refractivity contribution in [2.75, 3.05) is 0 Å². The van der Waals surface area contributed by atoms with Gasteiger partial charge in [-0.3, -0.25) is 0 Å². The Kier molecular flexibility index (Phi) is 5.20. The zero-order valence-electron chi connectivity index (χ0n) is 15.6. The van der Waals surface area contributed by atoms with Gasteiger partial charge in [0.2, 0.25) is 10.0 Å². The van der Waals surface area contributed by atoms with E-state index in [1.54, 1.807) is 6.92 Å². The monoisotopic (exact) mass is 451 g/mol. The fraction of sp³-hybridized carbons (Fsp3) is 0.550. The molecule has 0 fully saturated rings. The summed E-state index contributed by atoms with van der Waals surface area (Å²) in [4.78, 5) is 4.76. The predicted octanol–water partition coefficient (Wildman–Crippen LogP) is 3.82. The molecule has 1 aromatic carbocycles. The Morgan fingerprint density at radius 1 is 1.26 bits per heavy atom. The van der Waals surface area contributed by atoms with Crippen LogP contribution in [-0.4, -0.2) is 23.2 Å². The van der Waals surface area contributed by atoms with Crippen LogP contribution >= 0.6 is 15.9 Å². The summed E-state index contributed by atoms with van der Waals surface area (Å²) in [5.41, 5.74) is 5.03. The van der Waals surface area contributed by atoms with E-state index in [2.05, 4.69) is 38.7 Å². The molecule has 2 aromatic rings. The number of rotatable bonds is 4. The second-order valence-corrected chi connectivity index (χ2v) is 10.8. The van der Waals surface area contributed by atoms with Crippen LogP contribution in [0.2, 0.25) is 0 Å². The van der Waals surface area contributed by atoms with Gasteiger partial charge in [0.25, 0.3) is 0 Å². The van der Waals surface area contributed by atoms with E-state index in [9.17, 15) is 8.42 Å². The molecule has 1 unspecified atom stereocenters. The molecule has 1 aliphatic heterocycles. The van der Waals surface area contributed by atoms with Crippen molar-refractivity contribution in [3.63, 3.8) is 0 Å². The van der Waals surface area contributed by atoms with Crippen LogP contribution in [0, 0.1) is 5.92 Å². The van der Waals surface area contributed by atoms with Gasteiger partial charge in [-0.1, -0.05) is 18.6 Å². The van der Waals surface area contributed by atoms with E-state index >= 15 is 0 Å². The molecule has 2 aliphatic rings. The first kappa shape index (κ1) is 19.2.